The average molecular weight is 537 g/mol. The first-order valence-corrected chi connectivity index (χ1v) is 12.0. The van der Waals surface area contributed by atoms with Gasteiger partial charge in [0.05, 0.1) is 21.0 Å². The topological polar surface area (TPSA) is 69.5 Å². The van der Waals surface area contributed by atoms with Crippen LogP contribution in [0.5, 0.6) is 11.5 Å². The number of benzene rings is 4. The summed E-state index contributed by atoms with van der Waals surface area (Å²) in [6.07, 6.45) is 0.666. The number of ether oxygens (including phenoxy) is 2. The van der Waals surface area contributed by atoms with Crippen LogP contribution in [0.2, 0.25) is 10.0 Å². The normalized spacial score (nSPS) is 12.0. The van der Waals surface area contributed by atoms with E-state index in [9.17, 15) is 9.18 Å². The monoisotopic (exact) mass is 536 g/mol. The summed E-state index contributed by atoms with van der Waals surface area (Å²) in [7, 11) is 0. The van der Waals surface area contributed by atoms with Gasteiger partial charge < -0.3 is 14.3 Å². The van der Waals surface area contributed by atoms with Crippen molar-refractivity contribution in [3.8, 4) is 22.6 Å². The lowest BCUT2D eigenvalue weighted by Crippen LogP contribution is -2.29. The molecule has 0 fully saturated rings. The molecule has 37 heavy (non-hydrogen) atoms. The number of nitrogens with zero attached hydrogens (tertiary/aromatic N) is 2. The zero-order valence-corrected chi connectivity index (χ0v) is 20.8. The molecular weight excluding hydrogens is 518 g/mol. The molecule has 5 rings (SSSR count). The van der Waals surface area contributed by atoms with Crippen molar-refractivity contribution in [2.45, 2.75) is 13.2 Å². The Hall–Kier alpha value is -3.94. The molecule has 4 aromatic carbocycles. The van der Waals surface area contributed by atoms with Gasteiger partial charge in [0.15, 0.2) is 6.29 Å². The molecule has 6 nitrogen and oxygen atoms in total. The summed E-state index contributed by atoms with van der Waals surface area (Å²) in [5.74, 6) is 0.282. The minimum Gasteiger partial charge on any atom is -0.488 e. The summed E-state index contributed by atoms with van der Waals surface area (Å²) in [4.78, 5) is 20.9. The van der Waals surface area contributed by atoms with Gasteiger partial charge in [0, 0.05) is 17.2 Å². The van der Waals surface area contributed by atoms with Crippen molar-refractivity contribution in [2.24, 2.45) is 10.1 Å². The molecule has 1 heterocycles. The van der Waals surface area contributed by atoms with Crippen LogP contribution in [0.3, 0.4) is 0 Å². The third-order valence-corrected chi connectivity index (χ3v) is 6.42. The Bertz CT molecular complexity index is 1610. The lowest BCUT2D eigenvalue weighted by atomic mass is 10.0. The zero-order valence-electron chi connectivity index (χ0n) is 19.3. The molecule has 186 valence electrons. The number of carbonyl (C=O) groups is 1. The highest BCUT2D eigenvalue weighted by molar-refractivity contribution is 6.34. The van der Waals surface area contributed by atoms with Gasteiger partial charge in [0.25, 0.3) is 0 Å². The van der Waals surface area contributed by atoms with Gasteiger partial charge in [-0.2, -0.15) is 0 Å². The van der Waals surface area contributed by atoms with Crippen LogP contribution in [0.15, 0.2) is 82.9 Å². The summed E-state index contributed by atoms with van der Waals surface area (Å²) in [6.45, 7) is 0.461. The van der Waals surface area contributed by atoms with Gasteiger partial charge in [-0.1, -0.05) is 64.8 Å². The molecule has 0 radical (unpaired) electrons. The van der Waals surface area contributed by atoms with E-state index in [0.717, 1.165) is 10.9 Å². The Morgan fingerprint density at radius 1 is 0.919 bits per heavy atom. The van der Waals surface area contributed by atoms with E-state index in [2.05, 4.69) is 10.1 Å². The predicted octanol–water partition coefficient (Wildman–Crippen LogP) is 5.91. The molecule has 0 saturated carbocycles. The summed E-state index contributed by atoms with van der Waals surface area (Å²) in [5.41, 5.74) is 3.13. The van der Waals surface area contributed by atoms with Crippen molar-refractivity contribution in [2.75, 3.05) is 6.73 Å². The van der Waals surface area contributed by atoms with E-state index in [1.807, 2.05) is 30.3 Å². The maximum Gasteiger partial charge on any atom is 0.207 e. The Labute approximate surface area is 221 Å². The van der Waals surface area contributed by atoms with E-state index in [1.54, 1.807) is 24.3 Å². The highest BCUT2D eigenvalue weighted by Crippen LogP contribution is 2.35. The van der Waals surface area contributed by atoms with Crippen molar-refractivity contribution in [1.82, 2.24) is 0 Å². The summed E-state index contributed by atoms with van der Waals surface area (Å²) < 4.78 is 25.6. The first-order valence-electron chi connectivity index (χ1n) is 11.2. The predicted molar refractivity (Wildman–Crippen MR) is 137 cm³/mol. The Morgan fingerprint density at radius 2 is 1.76 bits per heavy atom. The third-order valence-electron chi connectivity index (χ3n) is 5.68. The Morgan fingerprint density at radius 3 is 2.59 bits per heavy atom. The summed E-state index contributed by atoms with van der Waals surface area (Å²) in [6, 6.07) is 20.2. The van der Waals surface area contributed by atoms with Gasteiger partial charge in [0.2, 0.25) is 6.73 Å². The molecule has 0 saturated heterocycles. The molecule has 1 aliphatic heterocycles. The first kappa shape index (κ1) is 24.7. The molecule has 0 atom stereocenters. The van der Waals surface area contributed by atoms with Crippen molar-refractivity contribution < 1.29 is 23.5 Å². The second-order valence-corrected chi connectivity index (χ2v) is 8.92. The lowest BCUT2D eigenvalue weighted by Gasteiger charge is -2.15. The lowest BCUT2D eigenvalue weighted by molar-refractivity contribution is 0.111. The van der Waals surface area contributed by atoms with Gasteiger partial charge in [-0.3, -0.25) is 4.79 Å². The van der Waals surface area contributed by atoms with Crippen LogP contribution >= 0.6 is 23.2 Å². The fourth-order valence-corrected chi connectivity index (χ4v) is 4.34. The van der Waals surface area contributed by atoms with Crippen molar-refractivity contribution in [1.29, 1.82) is 0 Å². The second kappa shape index (κ2) is 11.0. The van der Waals surface area contributed by atoms with Crippen LogP contribution in [0.25, 0.3) is 11.1 Å². The van der Waals surface area contributed by atoms with E-state index in [-0.39, 0.29) is 36.3 Å². The second-order valence-electron chi connectivity index (χ2n) is 8.14. The number of halogens is 3. The van der Waals surface area contributed by atoms with Crippen LogP contribution < -0.4 is 20.2 Å². The fraction of sp³-hybridized carbons (Fsp3) is 0.107. The molecule has 9 heteroatoms. The van der Waals surface area contributed by atoms with Crippen molar-refractivity contribution in [3.05, 3.63) is 116 Å². The number of hydrogen-bond acceptors (Lipinski definition) is 6. The molecule has 0 amide bonds. The van der Waals surface area contributed by atoms with Crippen LogP contribution in [0, 0.1) is 5.82 Å². The average Bonchev–Trinajstić information content (AvgIpc) is 2.92. The molecular formula is C28H19Cl2FN2O4. The van der Waals surface area contributed by atoms with Gasteiger partial charge in [-0.05, 0) is 41.5 Å². The van der Waals surface area contributed by atoms with Crippen molar-refractivity contribution >= 4 is 29.5 Å². The van der Waals surface area contributed by atoms with E-state index in [4.69, 9.17) is 37.5 Å². The van der Waals surface area contributed by atoms with Crippen LogP contribution in [-0.4, -0.2) is 13.0 Å². The standard InChI is InChI=1S/C28H19Cl2FN2O4/c29-23-11-20(13-34)26(35-14-17-7-8-24-25(9-17)33-37-16-32-24)12-27(23)36-15-19-4-2-6-22(28(19)30)18-3-1-5-21(31)10-18/h1-13H,14-16H2. The number of hydrogen-bond donors (Lipinski definition) is 0. The van der Waals surface area contributed by atoms with Crippen LogP contribution in [0.4, 0.5) is 4.39 Å². The smallest absolute Gasteiger partial charge is 0.207 e. The Kier molecular flexibility index (Phi) is 7.35. The van der Waals surface area contributed by atoms with E-state index in [0.29, 0.717) is 44.9 Å². The summed E-state index contributed by atoms with van der Waals surface area (Å²) in [5, 5.41) is 6.03. The molecule has 0 bridgehead atoms. The molecule has 4 aromatic rings. The highest BCUT2D eigenvalue weighted by atomic mass is 35.5. The maximum atomic E-state index is 13.7. The SMILES string of the molecule is O=Cc1cc(Cl)c(OCc2cccc(-c3cccc(F)c3)c2Cl)cc1OCc1ccc2c(c1)=NOCN=2. The highest BCUT2D eigenvalue weighted by Gasteiger charge is 2.14. The molecule has 0 aliphatic carbocycles. The zero-order chi connectivity index (χ0) is 25.8. The van der Waals surface area contributed by atoms with E-state index < -0.39 is 0 Å². The minimum atomic E-state index is -0.349. The fourth-order valence-electron chi connectivity index (χ4n) is 3.83. The molecule has 0 unspecified atom stereocenters. The first-order chi connectivity index (χ1) is 18.0. The largest absolute Gasteiger partial charge is 0.488 e. The summed E-state index contributed by atoms with van der Waals surface area (Å²) >= 11 is 13.0. The minimum absolute atomic E-state index is 0.0947. The molecule has 0 aromatic heterocycles. The molecule has 1 aliphatic rings. The number of carbonyl (C=O) groups excluding carboxylic acids is 1. The number of aldehydes is 1. The van der Waals surface area contributed by atoms with Crippen LogP contribution in [0.1, 0.15) is 21.5 Å². The van der Waals surface area contributed by atoms with Crippen molar-refractivity contribution in [3.63, 3.8) is 0 Å². The van der Waals surface area contributed by atoms with E-state index in [1.165, 1.54) is 18.2 Å². The van der Waals surface area contributed by atoms with Gasteiger partial charge in [-0.15, -0.1) is 0 Å². The Balaban J connectivity index is 1.35. The number of rotatable bonds is 8. The van der Waals surface area contributed by atoms with Gasteiger partial charge >= 0.3 is 0 Å². The maximum absolute atomic E-state index is 13.7. The quantitative estimate of drug-likeness (QED) is 0.262. The van der Waals surface area contributed by atoms with Gasteiger partial charge in [-0.25, -0.2) is 9.38 Å². The van der Waals surface area contributed by atoms with Gasteiger partial charge in [0.1, 0.15) is 35.9 Å². The third kappa shape index (κ3) is 5.58. The molecule has 0 N–H and O–H groups in total. The van der Waals surface area contributed by atoms with E-state index >= 15 is 0 Å². The van der Waals surface area contributed by atoms with Crippen LogP contribution in [-0.2, 0) is 18.1 Å². The number of fused-ring (bicyclic) bond motifs is 1. The molecule has 0 spiro atoms.